The summed E-state index contributed by atoms with van der Waals surface area (Å²) in [5.74, 6) is 0.153. The van der Waals surface area contributed by atoms with Gasteiger partial charge in [-0.15, -0.1) is 8.78 Å². The normalized spacial score (nSPS) is 20.8. The first kappa shape index (κ1) is 13.4. The van der Waals surface area contributed by atoms with E-state index in [4.69, 9.17) is 0 Å². The van der Waals surface area contributed by atoms with Gasteiger partial charge in [0, 0.05) is 17.2 Å². The molecule has 2 aliphatic rings. The predicted molar refractivity (Wildman–Crippen MR) is 73.9 cm³/mol. The zero-order valence-corrected chi connectivity index (χ0v) is 12.2. The molecule has 0 saturated carbocycles. The van der Waals surface area contributed by atoms with E-state index in [1.54, 1.807) is 12.1 Å². The summed E-state index contributed by atoms with van der Waals surface area (Å²) in [6.07, 6.45) is 2.38. The minimum Gasteiger partial charge on any atom is -0.395 e. The molecule has 0 aliphatic carbocycles. The second-order valence-electron chi connectivity index (χ2n) is 4.65. The Morgan fingerprint density at radius 1 is 1.30 bits per heavy atom. The maximum Gasteiger partial charge on any atom is 0.586 e. The van der Waals surface area contributed by atoms with E-state index in [2.05, 4.69) is 30.3 Å². The van der Waals surface area contributed by atoms with Crippen LogP contribution in [-0.4, -0.2) is 17.7 Å². The van der Waals surface area contributed by atoms with Crippen molar-refractivity contribution in [1.29, 1.82) is 0 Å². The molecule has 0 N–H and O–H groups in total. The Labute approximate surface area is 123 Å². The zero-order chi connectivity index (χ0) is 14.3. The highest BCUT2D eigenvalue weighted by molar-refractivity contribution is 9.11. The van der Waals surface area contributed by atoms with Crippen molar-refractivity contribution in [3.05, 3.63) is 46.6 Å². The number of halogens is 3. The molecule has 0 aromatic heterocycles. The number of benzene rings is 1. The van der Waals surface area contributed by atoms with Crippen molar-refractivity contribution in [2.24, 2.45) is 0 Å². The maximum atomic E-state index is 13.0. The van der Waals surface area contributed by atoms with Crippen LogP contribution in [-0.2, 0) is 0 Å². The van der Waals surface area contributed by atoms with Crippen LogP contribution >= 0.6 is 15.9 Å². The van der Waals surface area contributed by atoms with E-state index in [9.17, 15) is 8.78 Å². The summed E-state index contributed by atoms with van der Waals surface area (Å²) in [4.78, 5) is 2.10. The first-order chi connectivity index (χ1) is 9.44. The molecule has 2 heterocycles. The third kappa shape index (κ3) is 2.52. The van der Waals surface area contributed by atoms with Crippen LogP contribution in [0.5, 0.6) is 11.5 Å². The van der Waals surface area contributed by atoms with Gasteiger partial charge in [0.05, 0.1) is 6.04 Å². The molecule has 2 aliphatic heterocycles. The van der Waals surface area contributed by atoms with Crippen LogP contribution in [0.3, 0.4) is 0 Å². The molecule has 0 amide bonds. The minimum absolute atomic E-state index is 0.0474. The molecular weight excluding hydrogens is 332 g/mol. The fraction of sp³-hybridized carbons (Fsp3) is 0.286. The lowest BCUT2D eigenvalue weighted by Gasteiger charge is -2.29. The summed E-state index contributed by atoms with van der Waals surface area (Å²) in [6.45, 7) is 2.76. The average Bonchev–Trinajstić information content (AvgIpc) is 2.71. The van der Waals surface area contributed by atoms with Gasteiger partial charge in [-0.25, -0.2) is 0 Å². The van der Waals surface area contributed by atoms with Gasteiger partial charge in [-0.3, -0.25) is 0 Å². The summed E-state index contributed by atoms with van der Waals surface area (Å²) >= 11 is 3.40. The highest BCUT2D eigenvalue weighted by atomic mass is 79.9. The summed E-state index contributed by atoms with van der Waals surface area (Å²) < 4.78 is 35.9. The number of hydrogen-bond donors (Lipinski definition) is 0. The molecule has 3 rings (SSSR count). The Kier molecular flexibility index (Phi) is 3.20. The van der Waals surface area contributed by atoms with E-state index in [0.29, 0.717) is 0 Å². The lowest BCUT2D eigenvalue weighted by molar-refractivity contribution is -0.286. The molecule has 106 valence electrons. The third-order valence-electron chi connectivity index (χ3n) is 3.33. The van der Waals surface area contributed by atoms with Crippen molar-refractivity contribution >= 4 is 15.9 Å². The SMILES string of the molecule is C[C@@H](c1ccc2c(c1)OC(F)(F)O2)N1C=CC(Br)=CC1. The van der Waals surface area contributed by atoms with Crippen LogP contribution in [0.1, 0.15) is 18.5 Å². The number of rotatable bonds is 2. The maximum absolute atomic E-state index is 13.0. The zero-order valence-electron chi connectivity index (χ0n) is 10.6. The van der Waals surface area contributed by atoms with Gasteiger partial charge in [-0.2, -0.15) is 0 Å². The van der Waals surface area contributed by atoms with Crippen LogP contribution in [0.25, 0.3) is 0 Å². The molecule has 1 aromatic rings. The lowest BCUT2D eigenvalue weighted by atomic mass is 10.1. The Hall–Kier alpha value is -1.56. The van der Waals surface area contributed by atoms with Gasteiger partial charge in [-0.05, 0) is 30.7 Å². The first-order valence-electron chi connectivity index (χ1n) is 6.14. The highest BCUT2D eigenvalue weighted by Crippen LogP contribution is 2.42. The Morgan fingerprint density at radius 2 is 2.05 bits per heavy atom. The molecule has 0 fully saturated rings. The van der Waals surface area contributed by atoms with Gasteiger partial charge < -0.3 is 14.4 Å². The van der Waals surface area contributed by atoms with Gasteiger partial charge in [0.2, 0.25) is 0 Å². The summed E-state index contributed by atoms with van der Waals surface area (Å²) in [5.41, 5.74) is 0.890. The monoisotopic (exact) mass is 343 g/mol. The van der Waals surface area contributed by atoms with Crippen LogP contribution < -0.4 is 9.47 Å². The van der Waals surface area contributed by atoms with Crippen LogP contribution in [0.4, 0.5) is 8.78 Å². The third-order valence-corrected chi connectivity index (χ3v) is 3.92. The van der Waals surface area contributed by atoms with Crippen molar-refractivity contribution in [1.82, 2.24) is 4.90 Å². The fourth-order valence-corrected chi connectivity index (χ4v) is 2.46. The summed E-state index contributed by atoms with van der Waals surface area (Å²) in [7, 11) is 0. The Morgan fingerprint density at radius 3 is 2.75 bits per heavy atom. The second kappa shape index (κ2) is 4.77. The topological polar surface area (TPSA) is 21.7 Å². The van der Waals surface area contributed by atoms with E-state index in [0.717, 1.165) is 16.6 Å². The molecule has 1 aromatic carbocycles. The summed E-state index contributed by atoms with van der Waals surface area (Å²) in [6, 6.07) is 4.94. The number of hydrogen-bond acceptors (Lipinski definition) is 3. The van der Waals surface area contributed by atoms with Crippen LogP contribution in [0, 0.1) is 0 Å². The fourth-order valence-electron chi connectivity index (χ4n) is 2.19. The number of fused-ring (bicyclic) bond motifs is 1. The predicted octanol–water partition coefficient (Wildman–Crippen LogP) is 4.18. The average molecular weight is 344 g/mol. The number of alkyl halides is 2. The van der Waals surface area contributed by atoms with E-state index in [1.165, 1.54) is 6.07 Å². The van der Waals surface area contributed by atoms with E-state index < -0.39 is 6.29 Å². The van der Waals surface area contributed by atoms with Crippen LogP contribution in [0.15, 0.2) is 41.0 Å². The molecular formula is C14H12BrF2NO2. The van der Waals surface area contributed by atoms with E-state index in [1.807, 2.05) is 25.3 Å². The molecule has 0 saturated heterocycles. The molecule has 0 bridgehead atoms. The number of allylic oxidation sites excluding steroid dienone is 2. The molecule has 0 unspecified atom stereocenters. The molecule has 0 spiro atoms. The van der Waals surface area contributed by atoms with E-state index in [-0.39, 0.29) is 17.5 Å². The molecule has 1 atom stereocenters. The molecule has 6 heteroatoms. The van der Waals surface area contributed by atoms with Crippen molar-refractivity contribution in [2.45, 2.75) is 19.3 Å². The molecule has 3 nitrogen and oxygen atoms in total. The molecule has 0 radical (unpaired) electrons. The number of nitrogens with zero attached hydrogens (tertiary/aromatic N) is 1. The largest absolute Gasteiger partial charge is 0.586 e. The number of ether oxygens (including phenoxy) is 2. The first-order valence-corrected chi connectivity index (χ1v) is 6.93. The summed E-state index contributed by atoms with van der Waals surface area (Å²) in [5, 5.41) is 0. The standard InChI is InChI=1S/C14H12BrF2NO2/c1-9(18-6-4-11(15)5-7-18)10-2-3-12-13(8-10)20-14(16,17)19-12/h2-6,8-9H,7H2,1H3/t9-/m0/s1. The highest BCUT2D eigenvalue weighted by Gasteiger charge is 2.43. The van der Waals surface area contributed by atoms with Gasteiger partial charge in [0.15, 0.2) is 11.5 Å². The minimum atomic E-state index is -3.57. The van der Waals surface area contributed by atoms with Gasteiger partial charge in [0.25, 0.3) is 0 Å². The van der Waals surface area contributed by atoms with Crippen molar-refractivity contribution in [2.75, 3.05) is 6.54 Å². The Bertz CT molecular complexity index is 601. The van der Waals surface area contributed by atoms with Crippen molar-refractivity contribution < 1.29 is 18.3 Å². The smallest absolute Gasteiger partial charge is 0.395 e. The van der Waals surface area contributed by atoms with Crippen LogP contribution in [0.2, 0.25) is 0 Å². The van der Waals surface area contributed by atoms with E-state index >= 15 is 0 Å². The lowest BCUT2D eigenvalue weighted by Crippen LogP contribution is -2.26. The second-order valence-corrected chi connectivity index (χ2v) is 5.57. The van der Waals surface area contributed by atoms with Crippen molar-refractivity contribution in [3.8, 4) is 11.5 Å². The van der Waals surface area contributed by atoms with Gasteiger partial charge in [0.1, 0.15) is 0 Å². The Balaban J connectivity index is 1.81. The van der Waals surface area contributed by atoms with Gasteiger partial charge in [-0.1, -0.05) is 28.1 Å². The van der Waals surface area contributed by atoms with Gasteiger partial charge >= 0.3 is 6.29 Å². The molecule has 20 heavy (non-hydrogen) atoms. The quantitative estimate of drug-likeness (QED) is 0.804. The van der Waals surface area contributed by atoms with Crippen molar-refractivity contribution in [3.63, 3.8) is 0 Å².